The topological polar surface area (TPSA) is 85.8 Å². The molecule has 1 N–H and O–H groups in total. The van der Waals surface area contributed by atoms with Crippen LogP contribution in [0.1, 0.15) is 19.1 Å². The fourth-order valence-electron chi connectivity index (χ4n) is 1.46. The quantitative estimate of drug-likeness (QED) is 0.838. The first-order valence-electron chi connectivity index (χ1n) is 5.85. The highest BCUT2D eigenvalue weighted by Gasteiger charge is 2.21. The number of carbonyl (C=O) groups excluding carboxylic acids is 1. The molecule has 7 nitrogen and oxygen atoms in total. The van der Waals surface area contributed by atoms with Gasteiger partial charge in [0.1, 0.15) is 12.1 Å². The Labute approximate surface area is 114 Å². The number of hydrogen-bond acceptors (Lipinski definition) is 6. The van der Waals surface area contributed by atoms with Gasteiger partial charge in [0.25, 0.3) is 0 Å². The molecular formula is C11H15N5O2S. The SMILES string of the molecule is CC[C@@H](Sc1nncn1C)C(=O)Nc1cc(C)on1. The maximum atomic E-state index is 12.1. The molecule has 0 aliphatic heterocycles. The van der Waals surface area contributed by atoms with Crippen LogP contribution in [0.15, 0.2) is 22.1 Å². The highest BCUT2D eigenvalue weighted by atomic mass is 32.2. The second kappa shape index (κ2) is 5.87. The minimum atomic E-state index is -0.250. The predicted octanol–water partition coefficient (Wildman–Crippen LogP) is 1.62. The first-order chi connectivity index (χ1) is 9.10. The summed E-state index contributed by atoms with van der Waals surface area (Å²) in [7, 11) is 1.84. The van der Waals surface area contributed by atoms with Crippen molar-refractivity contribution in [2.24, 2.45) is 7.05 Å². The summed E-state index contributed by atoms with van der Waals surface area (Å²) in [6.07, 6.45) is 2.29. The first-order valence-corrected chi connectivity index (χ1v) is 6.73. The molecule has 0 saturated carbocycles. The Hall–Kier alpha value is -1.83. The summed E-state index contributed by atoms with van der Waals surface area (Å²) in [6.45, 7) is 3.72. The molecule has 2 aromatic rings. The Morgan fingerprint density at radius 3 is 2.95 bits per heavy atom. The third kappa shape index (κ3) is 3.34. The third-order valence-electron chi connectivity index (χ3n) is 2.46. The normalized spacial score (nSPS) is 12.4. The van der Waals surface area contributed by atoms with Crippen molar-refractivity contribution in [3.05, 3.63) is 18.2 Å². The zero-order valence-electron chi connectivity index (χ0n) is 11.0. The molecule has 1 atom stereocenters. The Bertz CT molecular complexity index is 565. The summed E-state index contributed by atoms with van der Waals surface area (Å²) in [4.78, 5) is 12.1. The lowest BCUT2D eigenvalue weighted by atomic mass is 10.3. The van der Waals surface area contributed by atoms with E-state index in [9.17, 15) is 4.79 Å². The number of rotatable bonds is 5. The van der Waals surface area contributed by atoms with E-state index in [1.807, 2.05) is 14.0 Å². The minimum Gasteiger partial charge on any atom is -0.360 e. The largest absolute Gasteiger partial charge is 0.360 e. The minimum absolute atomic E-state index is 0.121. The second-order valence-corrected chi connectivity index (χ2v) is 5.22. The number of aryl methyl sites for hydroxylation is 2. The van der Waals surface area contributed by atoms with Gasteiger partial charge >= 0.3 is 0 Å². The van der Waals surface area contributed by atoms with Crippen molar-refractivity contribution in [2.75, 3.05) is 5.32 Å². The maximum Gasteiger partial charge on any atom is 0.239 e. The monoisotopic (exact) mass is 281 g/mol. The van der Waals surface area contributed by atoms with Crippen molar-refractivity contribution in [3.63, 3.8) is 0 Å². The van der Waals surface area contributed by atoms with Crippen LogP contribution in [0, 0.1) is 6.92 Å². The van der Waals surface area contributed by atoms with Gasteiger partial charge in [-0.15, -0.1) is 10.2 Å². The average molecular weight is 281 g/mol. The molecule has 0 radical (unpaired) electrons. The van der Waals surface area contributed by atoms with Crippen LogP contribution in [0.4, 0.5) is 5.82 Å². The molecule has 0 spiro atoms. The summed E-state index contributed by atoms with van der Waals surface area (Å²) < 4.78 is 6.68. The van der Waals surface area contributed by atoms with Crippen LogP contribution in [-0.2, 0) is 11.8 Å². The Morgan fingerprint density at radius 2 is 2.42 bits per heavy atom. The van der Waals surface area contributed by atoms with Crippen LogP contribution >= 0.6 is 11.8 Å². The second-order valence-electron chi connectivity index (χ2n) is 4.05. The average Bonchev–Trinajstić information content (AvgIpc) is 2.95. The van der Waals surface area contributed by atoms with Crippen LogP contribution < -0.4 is 5.32 Å². The molecule has 8 heteroatoms. The Kier molecular flexibility index (Phi) is 4.20. The van der Waals surface area contributed by atoms with Gasteiger partial charge in [-0.05, 0) is 13.3 Å². The number of carbonyl (C=O) groups is 1. The van der Waals surface area contributed by atoms with E-state index in [-0.39, 0.29) is 11.2 Å². The zero-order valence-corrected chi connectivity index (χ0v) is 11.8. The highest BCUT2D eigenvalue weighted by Crippen LogP contribution is 2.24. The van der Waals surface area contributed by atoms with Gasteiger partial charge in [-0.3, -0.25) is 4.79 Å². The van der Waals surface area contributed by atoms with Crippen LogP contribution in [0.3, 0.4) is 0 Å². The van der Waals surface area contributed by atoms with E-state index in [1.54, 1.807) is 23.9 Å². The molecule has 2 aromatic heterocycles. The van der Waals surface area contributed by atoms with E-state index in [1.165, 1.54) is 11.8 Å². The molecule has 0 aromatic carbocycles. The molecule has 0 saturated heterocycles. The van der Waals surface area contributed by atoms with Crippen molar-refractivity contribution in [2.45, 2.75) is 30.7 Å². The molecule has 0 unspecified atom stereocenters. The number of anilines is 1. The Morgan fingerprint density at radius 1 is 1.63 bits per heavy atom. The fourth-order valence-corrected chi connectivity index (χ4v) is 2.36. The van der Waals surface area contributed by atoms with E-state index in [0.717, 1.165) is 0 Å². The molecule has 0 aliphatic rings. The molecule has 19 heavy (non-hydrogen) atoms. The standard InChI is InChI=1S/C11H15N5O2S/c1-4-8(19-11-14-12-6-16(11)3)10(17)13-9-5-7(2)18-15-9/h5-6,8H,4H2,1-3H3,(H,13,15,17)/t8-/m1/s1. The predicted molar refractivity (Wildman–Crippen MR) is 70.8 cm³/mol. The number of nitrogens with one attached hydrogen (secondary N) is 1. The van der Waals surface area contributed by atoms with E-state index in [4.69, 9.17) is 4.52 Å². The summed E-state index contributed by atoms with van der Waals surface area (Å²) >= 11 is 1.38. The maximum absolute atomic E-state index is 12.1. The highest BCUT2D eigenvalue weighted by molar-refractivity contribution is 8.00. The summed E-state index contributed by atoms with van der Waals surface area (Å²) in [6, 6.07) is 1.68. The zero-order chi connectivity index (χ0) is 13.8. The summed E-state index contributed by atoms with van der Waals surface area (Å²) in [5, 5.41) is 14.7. The van der Waals surface area contributed by atoms with Crippen LogP contribution in [0.5, 0.6) is 0 Å². The van der Waals surface area contributed by atoms with Gasteiger partial charge in [0, 0.05) is 13.1 Å². The number of nitrogens with zero attached hydrogens (tertiary/aromatic N) is 4. The van der Waals surface area contributed by atoms with Crippen molar-refractivity contribution in [3.8, 4) is 0 Å². The molecule has 102 valence electrons. The molecular weight excluding hydrogens is 266 g/mol. The number of thioether (sulfide) groups is 1. The molecule has 0 aliphatic carbocycles. The van der Waals surface area contributed by atoms with E-state index >= 15 is 0 Å². The van der Waals surface area contributed by atoms with E-state index in [0.29, 0.717) is 23.2 Å². The van der Waals surface area contributed by atoms with Gasteiger partial charge < -0.3 is 14.4 Å². The van der Waals surface area contributed by atoms with Gasteiger partial charge in [-0.25, -0.2) is 0 Å². The van der Waals surface area contributed by atoms with Crippen molar-refractivity contribution < 1.29 is 9.32 Å². The molecule has 2 heterocycles. The fraction of sp³-hybridized carbons (Fsp3) is 0.455. The van der Waals surface area contributed by atoms with Crippen molar-refractivity contribution >= 4 is 23.5 Å². The molecule has 2 rings (SSSR count). The Balaban J connectivity index is 2.01. The lowest BCUT2D eigenvalue weighted by Crippen LogP contribution is -2.25. The van der Waals surface area contributed by atoms with Gasteiger partial charge in [-0.2, -0.15) is 0 Å². The summed E-state index contributed by atoms with van der Waals surface area (Å²) in [5.41, 5.74) is 0. The van der Waals surface area contributed by atoms with Gasteiger partial charge in [-0.1, -0.05) is 23.8 Å². The van der Waals surface area contributed by atoms with E-state index in [2.05, 4.69) is 20.7 Å². The molecule has 0 bridgehead atoms. The van der Waals surface area contributed by atoms with Crippen LogP contribution in [0.25, 0.3) is 0 Å². The first kappa shape index (κ1) is 13.6. The van der Waals surface area contributed by atoms with E-state index < -0.39 is 0 Å². The number of aromatic nitrogens is 4. The van der Waals surface area contributed by atoms with Crippen LogP contribution in [0.2, 0.25) is 0 Å². The van der Waals surface area contributed by atoms with Gasteiger partial charge in [0.15, 0.2) is 11.0 Å². The van der Waals surface area contributed by atoms with Crippen LogP contribution in [-0.4, -0.2) is 31.1 Å². The van der Waals surface area contributed by atoms with Crippen molar-refractivity contribution in [1.29, 1.82) is 0 Å². The number of hydrogen-bond donors (Lipinski definition) is 1. The molecule has 0 fully saturated rings. The van der Waals surface area contributed by atoms with Gasteiger partial charge in [0.05, 0.1) is 5.25 Å². The number of amides is 1. The van der Waals surface area contributed by atoms with Gasteiger partial charge in [0.2, 0.25) is 5.91 Å². The molecule has 1 amide bonds. The summed E-state index contributed by atoms with van der Waals surface area (Å²) in [5.74, 6) is 0.965. The smallest absolute Gasteiger partial charge is 0.239 e. The lowest BCUT2D eigenvalue weighted by Gasteiger charge is -2.12. The third-order valence-corrected chi connectivity index (χ3v) is 3.87. The van der Waals surface area contributed by atoms with Crippen molar-refractivity contribution in [1.82, 2.24) is 19.9 Å². The lowest BCUT2D eigenvalue weighted by molar-refractivity contribution is -0.115.